The van der Waals surface area contributed by atoms with Crippen LogP contribution in [-0.4, -0.2) is 25.4 Å². The van der Waals surface area contributed by atoms with Gasteiger partial charge in [0.2, 0.25) is 5.96 Å². The lowest BCUT2D eigenvalue weighted by Crippen LogP contribution is -2.21. The van der Waals surface area contributed by atoms with Gasteiger partial charge in [0.15, 0.2) is 11.5 Å². The molecule has 0 spiro atoms. The number of nitrogens with zero attached hydrogens (tertiary/aromatic N) is 2. The highest BCUT2D eigenvalue weighted by atomic mass is 16.5. The van der Waals surface area contributed by atoms with Crippen molar-refractivity contribution in [2.45, 2.75) is 58.8 Å². The lowest BCUT2D eigenvalue weighted by molar-refractivity contribution is 0.270. The SMILES string of the molecule is CCCCCCCCCOc1ccc(/C=N\N=C(N)N)cc1OCC. The summed E-state index contributed by atoms with van der Waals surface area (Å²) in [7, 11) is 0. The maximum absolute atomic E-state index is 5.88. The van der Waals surface area contributed by atoms with Crippen molar-refractivity contribution in [1.29, 1.82) is 0 Å². The van der Waals surface area contributed by atoms with Gasteiger partial charge in [-0.15, -0.1) is 5.10 Å². The molecule has 6 heteroatoms. The fraction of sp³-hybridized carbons (Fsp3) is 0.579. The molecule has 0 heterocycles. The molecule has 0 atom stereocenters. The van der Waals surface area contributed by atoms with Crippen molar-refractivity contribution in [3.05, 3.63) is 23.8 Å². The summed E-state index contributed by atoms with van der Waals surface area (Å²) in [5.74, 6) is 1.39. The van der Waals surface area contributed by atoms with E-state index in [2.05, 4.69) is 17.1 Å². The van der Waals surface area contributed by atoms with Crippen molar-refractivity contribution in [2.75, 3.05) is 13.2 Å². The molecule has 140 valence electrons. The Bertz CT molecular complexity index is 540. The van der Waals surface area contributed by atoms with Gasteiger partial charge in [0.25, 0.3) is 0 Å². The van der Waals surface area contributed by atoms with Crippen LogP contribution in [0.1, 0.15) is 64.4 Å². The van der Waals surface area contributed by atoms with E-state index in [0.717, 1.165) is 17.7 Å². The Labute approximate surface area is 151 Å². The third kappa shape index (κ3) is 9.59. The van der Waals surface area contributed by atoms with E-state index in [9.17, 15) is 0 Å². The smallest absolute Gasteiger partial charge is 0.211 e. The fourth-order valence-corrected chi connectivity index (χ4v) is 2.40. The lowest BCUT2D eigenvalue weighted by Gasteiger charge is -2.12. The predicted octanol–water partition coefficient (Wildman–Crippen LogP) is 3.82. The molecule has 0 saturated heterocycles. The van der Waals surface area contributed by atoms with Gasteiger partial charge in [0.05, 0.1) is 19.4 Å². The highest BCUT2D eigenvalue weighted by Crippen LogP contribution is 2.28. The molecule has 0 fully saturated rings. The van der Waals surface area contributed by atoms with E-state index in [-0.39, 0.29) is 5.96 Å². The van der Waals surface area contributed by atoms with Crippen LogP contribution in [0.15, 0.2) is 28.4 Å². The zero-order chi connectivity index (χ0) is 18.3. The van der Waals surface area contributed by atoms with Crippen molar-refractivity contribution in [1.82, 2.24) is 0 Å². The number of hydrogen-bond acceptors (Lipinski definition) is 4. The summed E-state index contributed by atoms with van der Waals surface area (Å²) < 4.78 is 11.5. The summed E-state index contributed by atoms with van der Waals surface area (Å²) in [6.07, 6.45) is 10.4. The minimum atomic E-state index is -0.0732. The Kier molecular flexibility index (Phi) is 10.9. The van der Waals surface area contributed by atoms with Gasteiger partial charge >= 0.3 is 0 Å². The molecule has 1 rings (SSSR count). The van der Waals surface area contributed by atoms with Crippen LogP contribution in [0.25, 0.3) is 0 Å². The molecular formula is C19H32N4O2. The standard InChI is InChI=1S/C19H32N4O2/c1-3-5-6-7-8-9-10-13-25-17-12-11-16(14-18(17)24-4-2)15-22-23-19(20)21/h11-12,14-15H,3-10,13H2,1-2H3,(H4,20,21,23)/b22-15-. The van der Waals surface area contributed by atoms with Gasteiger partial charge in [-0.25, -0.2) is 0 Å². The molecule has 0 amide bonds. The quantitative estimate of drug-likeness (QED) is 0.245. The maximum atomic E-state index is 5.88. The first kappa shape index (κ1) is 20.8. The van der Waals surface area contributed by atoms with Gasteiger partial charge in [0.1, 0.15) is 0 Å². The van der Waals surface area contributed by atoms with Crippen molar-refractivity contribution >= 4 is 12.2 Å². The molecule has 0 unspecified atom stereocenters. The topological polar surface area (TPSA) is 95.2 Å². The highest BCUT2D eigenvalue weighted by molar-refractivity contribution is 5.82. The number of rotatable bonds is 13. The molecular weight excluding hydrogens is 316 g/mol. The Hall–Kier alpha value is -2.24. The largest absolute Gasteiger partial charge is 0.490 e. The molecule has 1 aromatic carbocycles. The van der Waals surface area contributed by atoms with E-state index < -0.39 is 0 Å². The molecule has 0 aliphatic carbocycles. The van der Waals surface area contributed by atoms with Gasteiger partial charge in [-0.2, -0.15) is 5.10 Å². The zero-order valence-corrected chi connectivity index (χ0v) is 15.5. The second-order valence-corrected chi connectivity index (χ2v) is 5.88. The molecule has 25 heavy (non-hydrogen) atoms. The van der Waals surface area contributed by atoms with E-state index in [4.69, 9.17) is 20.9 Å². The summed E-state index contributed by atoms with van der Waals surface area (Å²) in [6, 6.07) is 5.66. The van der Waals surface area contributed by atoms with Gasteiger partial charge in [-0.05, 0) is 37.1 Å². The highest BCUT2D eigenvalue weighted by Gasteiger charge is 2.06. The number of benzene rings is 1. The zero-order valence-electron chi connectivity index (χ0n) is 15.5. The first-order valence-corrected chi connectivity index (χ1v) is 9.19. The van der Waals surface area contributed by atoms with Crippen LogP contribution in [-0.2, 0) is 0 Å². The van der Waals surface area contributed by atoms with Crippen molar-refractivity contribution in [3.8, 4) is 11.5 Å². The number of ether oxygens (including phenoxy) is 2. The van der Waals surface area contributed by atoms with E-state index in [1.807, 2.05) is 25.1 Å². The molecule has 6 nitrogen and oxygen atoms in total. The number of nitrogens with two attached hydrogens (primary N) is 2. The van der Waals surface area contributed by atoms with Crippen LogP contribution in [0.2, 0.25) is 0 Å². The molecule has 0 aromatic heterocycles. The van der Waals surface area contributed by atoms with Crippen LogP contribution in [0.3, 0.4) is 0 Å². The monoisotopic (exact) mass is 348 g/mol. The number of guanidine groups is 1. The van der Waals surface area contributed by atoms with Gasteiger partial charge in [-0.1, -0.05) is 45.4 Å². The third-order valence-corrected chi connectivity index (χ3v) is 3.65. The first-order valence-electron chi connectivity index (χ1n) is 9.19. The van der Waals surface area contributed by atoms with E-state index in [1.54, 1.807) is 6.21 Å². The van der Waals surface area contributed by atoms with Crippen LogP contribution in [0.4, 0.5) is 0 Å². The summed E-state index contributed by atoms with van der Waals surface area (Å²) in [5.41, 5.74) is 11.3. The summed E-state index contributed by atoms with van der Waals surface area (Å²) in [4.78, 5) is 0. The minimum absolute atomic E-state index is 0.0732. The molecule has 0 radical (unpaired) electrons. The second-order valence-electron chi connectivity index (χ2n) is 5.88. The van der Waals surface area contributed by atoms with Gasteiger partial charge in [0, 0.05) is 0 Å². The van der Waals surface area contributed by atoms with Gasteiger partial charge in [-0.3, -0.25) is 0 Å². The van der Waals surface area contributed by atoms with Gasteiger partial charge < -0.3 is 20.9 Å². The lowest BCUT2D eigenvalue weighted by atomic mass is 10.1. The number of unbranched alkanes of at least 4 members (excludes halogenated alkanes) is 6. The van der Waals surface area contributed by atoms with Crippen LogP contribution >= 0.6 is 0 Å². The van der Waals surface area contributed by atoms with Crippen molar-refractivity contribution in [3.63, 3.8) is 0 Å². The average Bonchev–Trinajstić information content (AvgIpc) is 2.59. The summed E-state index contributed by atoms with van der Waals surface area (Å²) in [6.45, 7) is 5.46. The van der Waals surface area contributed by atoms with E-state index in [1.165, 1.54) is 38.5 Å². The van der Waals surface area contributed by atoms with Crippen LogP contribution in [0, 0.1) is 0 Å². The Morgan fingerprint density at radius 2 is 1.68 bits per heavy atom. The van der Waals surface area contributed by atoms with Crippen molar-refractivity contribution < 1.29 is 9.47 Å². The Morgan fingerprint density at radius 3 is 2.36 bits per heavy atom. The second kappa shape index (κ2) is 13.1. The van der Waals surface area contributed by atoms with Crippen molar-refractivity contribution in [2.24, 2.45) is 21.7 Å². The molecule has 0 aliphatic rings. The third-order valence-electron chi connectivity index (χ3n) is 3.65. The molecule has 0 aliphatic heterocycles. The minimum Gasteiger partial charge on any atom is -0.490 e. The Balaban J connectivity index is 2.47. The summed E-state index contributed by atoms with van der Waals surface area (Å²) in [5, 5.41) is 7.39. The normalized spacial score (nSPS) is 10.8. The average molecular weight is 348 g/mol. The maximum Gasteiger partial charge on any atom is 0.211 e. The van der Waals surface area contributed by atoms with Crippen LogP contribution < -0.4 is 20.9 Å². The predicted molar refractivity (Wildman–Crippen MR) is 105 cm³/mol. The van der Waals surface area contributed by atoms with E-state index in [0.29, 0.717) is 19.0 Å². The molecule has 4 N–H and O–H groups in total. The number of hydrogen-bond donors (Lipinski definition) is 2. The molecule has 0 bridgehead atoms. The van der Waals surface area contributed by atoms with Crippen LogP contribution in [0.5, 0.6) is 11.5 Å². The summed E-state index contributed by atoms with van der Waals surface area (Å²) >= 11 is 0. The Morgan fingerprint density at radius 1 is 0.960 bits per heavy atom. The van der Waals surface area contributed by atoms with E-state index >= 15 is 0 Å². The molecule has 1 aromatic rings. The molecule has 0 saturated carbocycles. The fourth-order valence-electron chi connectivity index (χ4n) is 2.40. The first-order chi connectivity index (χ1) is 12.2.